The summed E-state index contributed by atoms with van der Waals surface area (Å²) < 4.78 is 5.39. The number of nitrogens with two attached hydrogens (primary N) is 1. The van der Waals surface area contributed by atoms with Crippen molar-refractivity contribution in [3.8, 4) is 0 Å². The van der Waals surface area contributed by atoms with Gasteiger partial charge in [0.1, 0.15) is 0 Å². The average molecular weight is 263 g/mol. The van der Waals surface area contributed by atoms with Gasteiger partial charge in [0.05, 0.1) is 5.92 Å². The van der Waals surface area contributed by atoms with Gasteiger partial charge in [-0.2, -0.15) is 4.98 Å². The molecule has 2 unspecified atom stereocenters. The van der Waals surface area contributed by atoms with Gasteiger partial charge in [-0.05, 0) is 24.3 Å². The highest BCUT2D eigenvalue weighted by Gasteiger charge is 2.28. The normalized spacial score (nSPS) is 24.3. The Morgan fingerprint density at radius 1 is 1.39 bits per heavy atom. The molecule has 96 valence electrons. The quantitative estimate of drug-likeness (QED) is 0.924. The smallest absolute Gasteiger partial charge is 0.231 e. The van der Waals surface area contributed by atoms with Gasteiger partial charge in [-0.3, -0.25) is 0 Å². The third-order valence-electron chi connectivity index (χ3n) is 3.53. The number of nitrogens with zero attached hydrogens (tertiary/aromatic N) is 2. The lowest BCUT2D eigenvalue weighted by molar-refractivity contribution is 0.289. The number of hydrogen-bond donors (Lipinski definition) is 1. The summed E-state index contributed by atoms with van der Waals surface area (Å²) in [5.74, 6) is 1.75. The van der Waals surface area contributed by atoms with Crippen molar-refractivity contribution >= 4 is 11.3 Å². The van der Waals surface area contributed by atoms with E-state index in [2.05, 4.69) is 21.6 Å². The zero-order chi connectivity index (χ0) is 12.4. The molecule has 0 spiro atoms. The molecule has 0 aromatic carbocycles. The van der Waals surface area contributed by atoms with Crippen LogP contribution in [0.2, 0.25) is 0 Å². The Hall–Kier alpha value is -1.20. The Balaban J connectivity index is 1.72. The number of aromatic nitrogens is 2. The van der Waals surface area contributed by atoms with Crippen molar-refractivity contribution in [3.63, 3.8) is 0 Å². The van der Waals surface area contributed by atoms with Crippen molar-refractivity contribution in [2.24, 2.45) is 5.73 Å². The Morgan fingerprint density at radius 2 is 2.28 bits per heavy atom. The minimum absolute atomic E-state index is 0.175. The highest BCUT2D eigenvalue weighted by molar-refractivity contribution is 7.09. The SMILES string of the molecule is NC1CCCCC1c1nc(Cc2cccs2)no1. The molecule has 0 saturated heterocycles. The Labute approximate surface area is 110 Å². The fourth-order valence-corrected chi connectivity index (χ4v) is 3.23. The second kappa shape index (κ2) is 5.20. The molecule has 1 aliphatic carbocycles. The van der Waals surface area contributed by atoms with E-state index in [1.807, 2.05) is 6.07 Å². The molecule has 2 atom stereocenters. The fraction of sp³-hybridized carbons (Fsp3) is 0.538. The van der Waals surface area contributed by atoms with Crippen molar-refractivity contribution in [1.29, 1.82) is 0 Å². The summed E-state index contributed by atoms with van der Waals surface area (Å²) in [6.07, 6.45) is 5.31. The topological polar surface area (TPSA) is 64.9 Å². The van der Waals surface area contributed by atoms with E-state index in [1.54, 1.807) is 11.3 Å². The van der Waals surface area contributed by atoms with E-state index in [4.69, 9.17) is 10.3 Å². The first-order valence-electron chi connectivity index (χ1n) is 6.43. The first-order valence-corrected chi connectivity index (χ1v) is 7.31. The van der Waals surface area contributed by atoms with Gasteiger partial charge in [0, 0.05) is 17.3 Å². The van der Waals surface area contributed by atoms with Crippen LogP contribution in [0.5, 0.6) is 0 Å². The summed E-state index contributed by atoms with van der Waals surface area (Å²) in [4.78, 5) is 5.77. The maximum Gasteiger partial charge on any atom is 0.231 e. The van der Waals surface area contributed by atoms with Crippen molar-refractivity contribution in [1.82, 2.24) is 10.1 Å². The number of rotatable bonds is 3. The summed E-state index contributed by atoms with van der Waals surface area (Å²) in [7, 11) is 0. The molecule has 4 nitrogen and oxygen atoms in total. The van der Waals surface area contributed by atoms with Crippen LogP contribution < -0.4 is 5.73 Å². The molecule has 2 heterocycles. The zero-order valence-corrected chi connectivity index (χ0v) is 11.0. The summed E-state index contributed by atoms with van der Waals surface area (Å²) >= 11 is 1.72. The highest BCUT2D eigenvalue weighted by Crippen LogP contribution is 2.31. The first-order chi connectivity index (χ1) is 8.83. The maximum absolute atomic E-state index is 6.13. The highest BCUT2D eigenvalue weighted by atomic mass is 32.1. The molecule has 2 N–H and O–H groups in total. The van der Waals surface area contributed by atoms with Crippen LogP contribution in [0.25, 0.3) is 0 Å². The van der Waals surface area contributed by atoms with Gasteiger partial charge < -0.3 is 10.3 Å². The molecule has 2 aromatic heterocycles. The minimum Gasteiger partial charge on any atom is -0.339 e. The van der Waals surface area contributed by atoms with Crippen LogP contribution in [0, 0.1) is 0 Å². The fourth-order valence-electron chi connectivity index (χ4n) is 2.53. The van der Waals surface area contributed by atoms with E-state index in [0.717, 1.165) is 31.0 Å². The molecule has 0 amide bonds. The van der Waals surface area contributed by atoms with Crippen molar-refractivity contribution in [3.05, 3.63) is 34.1 Å². The van der Waals surface area contributed by atoms with Gasteiger partial charge in [-0.1, -0.05) is 24.1 Å². The predicted molar refractivity (Wildman–Crippen MR) is 70.6 cm³/mol. The molecule has 0 aliphatic heterocycles. The van der Waals surface area contributed by atoms with E-state index in [-0.39, 0.29) is 12.0 Å². The van der Waals surface area contributed by atoms with Crippen LogP contribution in [-0.4, -0.2) is 16.2 Å². The lowest BCUT2D eigenvalue weighted by Crippen LogP contribution is -2.31. The van der Waals surface area contributed by atoms with E-state index in [1.165, 1.54) is 17.7 Å². The molecule has 1 aliphatic rings. The maximum atomic E-state index is 6.13. The van der Waals surface area contributed by atoms with Gasteiger partial charge >= 0.3 is 0 Å². The van der Waals surface area contributed by atoms with Gasteiger partial charge in [0.15, 0.2) is 5.82 Å². The third-order valence-corrected chi connectivity index (χ3v) is 4.41. The molecule has 1 saturated carbocycles. The monoisotopic (exact) mass is 263 g/mol. The largest absolute Gasteiger partial charge is 0.339 e. The van der Waals surface area contributed by atoms with Crippen LogP contribution in [0.15, 0.2) is 22.0 Å². The molecule has 0 radical (unpaired) electrons. The van der Waals surface area contributed by atoms with Crippen LogP contribution in [-0.2, 0) is 6.42 Å². The van der Waals surface area contributed by atoms with E-state index in [0.29, 0.717) is 0 Å². The lowest BCUT2D eigenvalue weighted by atomic mass is 9.85. The molecular weight excluding hydrogens is 246 g/mol. The lowest BCUT2D eigenvalue weighted by Gasteiger charge is -2.25. The first kappa shape index (κ1) is 11.9. The molecule has 18 heavy (non-hydrogen) atoms. The van der Waals surface area contributed by atoms with Crippen molar-refractivity contribution in [2.45, 2.75) is 44.1 Å². The van der Waals surface area contributed by atoms with E-state index >= 15 is 0 Å². The second-order valence-electron chi connectivity index (χ2n) is 4.86. The Kier molecular flexibility index (Phi) is 3.43. The van der Waals surface area contributed by atoms with Crippen molar-refractivity contribution in [2.75, 3.05) is 0 Å². The van der Waals surface area contributed by atoms with Crippen molar-refractivity contribution < 1.29 is 4.52 Å². The molecule has 0 bridgehead atoms. The summed E-state index contributed by atoms with van der Waals surface area (Å²) in [5, 5.41) is 6.13. The van der Waals surface area contributed by atoms with Crippen LogP contribution in [0.3, 0.4) is 0 Å². The van der Waals surface area contributed by atoms with Gasteiger partial charge in [0.2, 0.25) is 5.89 Å². The second-order valence-corrected chi connectivity index (χ2v) is 5.89. The summed E-state index contributed by atoms with van der Waals surface area (Å²) in [6.45, 7) is 0. The molecule has 5 heteroatoms. The van der Waals surface area contributed by atoms with Gasteiger partial charge in [-0.25, -0.2) is 0 Å². The van der Waals surface area contributed by atoms with Crippen LogP contribution >= 0.6 is 11.3 Å². The van der Waals surface area contributed by atoms with E-state index in [9.17, 15) is 0 Å². The summed E-state index contributed by atoms with van der Waals surface area (Å²) in [5.41, 5.74) is 6.13. The Morgan fingerprint density at radius 3 is 3.06 bits per heavy atom. The third kappa shape index (κ3) is 2.47. The molecular formula is C13H17N3OS. The Bertz CT molecular complexity index is 494. The number of thiophene rings is 1. The average Bonchev–Trinajstić information content (AvgIpc) is 3.02. The number of hydrogen-bond acceptors (Lipinski definition) is 5. The van der Waals surface area contributed by atoms with Gasteiger partial charge in [0.25, 0.3) is 0 Å². The van der Waals surface area contributed by atoms with Gasteiger partial charge in [-0.15, -0.1) is 11.3 Å². The van der Waals surface area contributed by atoms with Crippen LogP contribution in [0.4, 0.5) is 0 Å². The predicted octanol–water partition coefficient (Wildman–Crippen LogP) is 2.71. The standard InChI is InChI=1S/C13H17N3OS/c14-11-6-2-1-5-10(11)13-15-12(16-17-13)8-9-4-3-7-18-9/h3-4,7,10-11H,1-2,5-6,8,14H2. The minimum atomic E-state index is 0.175. The zero-order valence-electron chi connectivity index (χ0n) is 10.2. The molecule has 2 aromatic rings. The summed E-state index contributed by atoms with van der Waals surface area (Å²) in [6, 6.07) is 4.30. The molecule has 3 rings (SSSR count). The molecule has 1 fully saturated rings. The van der Waals surface area contributed by atoms with Crippen LogP contribution in [0.1, 0.15) is 48.2 Å². The van der Waals surface area contributed by atoms with E-state index < -0.39 is 0 Å².